The summed E-state index contributed by atoms with van der Waals surface area (Å²) in [6.07, 6.45) is 1.93. The molecule has 0 bridgehead atoms. The second kappa shape index (κ2) is 6.19. The van der Waals surface area contributed by atoms with Crippen molar-refractivity contribution in [2.24, 2.45) is 0 Å². The predicted molar refractivity (Wildman–Crippen MR) is 60.0 cm³/mol. The van der Waals surface area contributed by atoms with E-state index in [0.717, 1.165) is 12.8 Å². The molecule has 1 aromatic rings. The Morgan fingerprint density at radius 2 is 1.87 bits per heavy atom. The van der Waals surface area contributed by atoms with Gasteiger partial charge in [-0.1, -0.05) is 31.2 Å². The van der Waals surface area contributed by atoms with E-state index in [1.165, 1.54) is 11.1 Å². The van der Waals surface area contributed by atoms with Crippen molar-refractivity contribution in [3.8, 4) is 0 Å². The third-order valence-corrected chi connectivity index (χ3v) is 2.30. The van der Waals surface area contributed by atoms with Crippen LogP contribution >= 0.6 is 0 Å². The highest BCUT2D eigenvalue weighted by Crippen LogP contribution is 2.04. The molecule has 1 rings (SSSR count). The van der Waals surface area contributed by atoms with Crippen LogP contribution in [0.2, 0.25) is 0 Å². The van der Waals surface area contributed by atoms with Crippen molar-refractivity contribution in [3.63, 3.8) is 0 Å². The van der Waals surface area contributed by atoms with E-state index >= 15 is 0 Å². The molecule has 0 saturated carbocycles. The highest BCUT2D eigenvalue weighted by Gasteiger charge is 1.96. The lowest BCUT2D eigenvalue weighted by molar-refractivity contribution is -0.135. The number of carboxylic acid groups (broad SMARTS) is 1. The molecule has 0 aliphatic carbocycles. The molecular weight excluding hydrogens is 190 g/mol. The van der Waals surface area contributed by atoms with Crippen molar-refractivity contribution in [1.82, 2.24) is 5.32 Å². The molecule has 82 valence electrons. The van der Waals surface area contributed by atoms with E-state index in [-0.39, 0.29) is 6.54 Å². The number of hydrogen-bond acceptors (Lipinski definition) is 2. The summed E-state index contributed by atoms with van der Waals surface area (Å²) >= 11 is 0. The van der Waals surface area contributed by atoms with E-state index in [2.05, 4.69) is 36.5 Å². The maximum atomic E-state index is 10.2. The molecule has 0 aliphatic rings. The Morgan fingerprint density at radius 3 is 2.40 bits per heavy atom. The Morgan fingerprint density at radius 1 is 1.27 bits per heavy atom. The van der Waals surface area contributed by atoms with Crippen LogP contribution in [-0.2, 0) is 17.6 Å². The van der Waals surface area contributed by atoms with E-state index in [1.54, 1.807) is 0 Å². The Balaban J connectivity index is 2.28. The van der Waals surface area contributed by atoms with Crippen LogP contribution < -0.4 is 5.32 Å². The molecule has 0 amide bonds. The molecule has 1 aromatic carbocycles. The minimum absolute atomic E-state index is 0.0348. The van der Waals surface area contributed by atoms with Gasteiger partial charge in [-0.05, 0) is 30.5 Å². The first-order chi connectivity index (χ1) is 7.22. The lowest BCUT2D eigenvalue weighted by atomic mass is 10.1. The predicted octanol–water partition coefficient (Wildman–Crippen LogP) is 1.47. The molecule has 3 heteroatoms. The zero-order chi connectivity index (χ0) is 11.1. The van der Waals surface area contributed by atoms with Crippen LogP contribution in [0.4, 0.5) is 0 Å². The summed E-state index contributed by atoms with van der Waals surface area (Å²) in [5.41, 5.74) is 2.57. The fourth-order valence-corrected chi connectivity index (χ4v) is 1.37. The fourth-order valence-electron chi connectivity index (χ4n) is 1.37. The van der Waals surface area contributed by atoms with Gasteiger partial charge in [-0.25, -0.2) is 0 Å². The van der Waals surface area contributed by atoms with Gasteiger partial charge >= 0.3 is 5.97 Å². The number of rotatable bonds is 6. The van der Waals surface area contributed by atoms with Gasteiger partial charge in [0.05, 0.1) is 6.54 Å². The molecule has 2 N–H and O–H groups in total. The second-order valence-electron chi connectivity index (χ2n) is 3.49. The second-order valence-corrected chi connectivity index (χ2v) is 3.49. The molecule has 0 aliphatic heterocycles. The van der Waals surface area contributed by atoms with Crippen LogP contribution in [0.15, 0.2) is 24.3 Å². The molecule has 0 fully saturated rings. The van der Waals surface area contributed by atoms with Crippen LogP contribution in [0.3, 0.4) is 0 Å². The normalized spacial score (nSPS) is 10.2. The van der Waals surface area contributed by atoms with Gasteiger partial charge in [0.15, 0.2) is 0 Å². The SMILES string of the molecule is CCc1ccc(CCNCC(=O)O)cc1. The Hall–Kier alpha value is -1.35. The van der Waals surface area contributed by atoms with E-state index in [1.807, 2.05) is 0 Å². The summed E-state index contributed by atoms with van der Waals surface area (Å²) in [4.78, 5) is 10.2. The number of carboxylic acids is 1. The molecule has 0 radical (unpaired) electrons. The lowest BCUT2D eigenvalue weighted by Gasteiger charge is -2.03. The zero-order valence-electron chi connectivity index (χ0n) is 8.99. The summed E-state index contributed by atoms with van der Waals surface area (Å²) in [6.45, 7) is 2.87. The summed E-state index contributed by atoms with van der Waals surface area (Å²) in [7, 11) is 0. The van der Waals surface area contributed by atoms with Gasteiger partial charge in [0.2, 0.25) is 0 Å². The van der Waals surface area contributed by atoms with Crippen LogP contribution in [0.5, 0.6) is 0 Å². The number of carbonyl (C=O) groups is 1. The van der Waals surface area contributed by atoms with Gasteiger partial charge in [0.1, 0.15) is 0 Å². The average molecular weight is 207 g/mol. The number of aliphatic carboxylic acids is 1. The van der Waals surface area contributed by atoms with Gasteiger partial charge in [-0.2, -0.15) is 0 Å². The third-order valence-electron chi connectivity index (χ3n) is 2.30. The van der Waals surface area contributed by atoms with Crippen LogP contribution in [-0.4, -0.2) is 24.2 Å². The fraction of sp³-hybridized carbons (Fsp3) is 0.417. The lowest BCUT2D eigenvalue weighted by Crippen LogP contribution is -2.24. The van der Waals surface area contributed by atoms with Gasteiger partial charge in [0, 0.05) is 0 Å². The minimum Gasteiger partial charge on any atom is -0.480 e. The monoisotopic (exact) mass is 207 g/mol. The smallest absolute Gasteiger partial charge is 0.317 e. The maximum absolute atomic E-state index is 10.2. The molecule has 0 heterocycles. The van der Waals surface area contributed by atoms with Crippen LogP contribution in [0, 0.1) is 0 Å². The molecule has 0 atom stereocenters. The number of benzene rings is 1. The van der Waals surface area contributed by atoms with Gasteiger partial charge in [0.25, 0.3) is 0 Å². The molecule has 0 spiro atoms. The summed E-state index contributed by atoms with van der Waals surface area (Å²) < 4.78 is 0. The highest BCUT2D eigenvalue weighted by molar-refractivity contribution is 5.68. The first kappa shape index (κ1) is 11.7. The van der Waals surface area contributed by atoms with Crippen molar-refractivity contribution in [1.29, 1.82) is 0 Å². The summed E-state index contributed by atoms with van der Waals surface area (Å²) in [5, 5.41) is 11.3. The van der Waals surface area contributed by atoms with E-state index in [0.29, 0.717) is 6.54 Å². The van der Waals surface area contributed by atoms with Gasteiger partial charge in [-0.3, -0.25) is 4.79 Å². The average Bonchev–Trinajstić information content (AvgIpc) is 2.25. The summed E-state index contributed by atoms with van der Waals surface area (Å²) in [5.74, 6) is -0.809. The van der Waals surface area contributed by atoms with Crippen molar-refractivity contribution < 1.29 is 9.90 Å². The largest absolute Gasteiger partial charge is 0.480 e. The number of aryl methyl sites for hydroxylation is 1. The van der Waals surface area contributed by atoms with E-state index in [9.17, 15) is 4.79 Å². The van der Waals surface area contributed by atoms with Gasteiger partial charge < -0.3 is 10.4 Å². The minimum atomic E-state index is -0.809. The van der Waals surface area contributed by atoms with Crippen molar-refractivity contribution in [2.45, 2.75) is 19.8 Å². The van der Waals surface area contributed by atoms with Crippen LogP contribution in [0.1, 0.15) is 18.1 Å². The topological polar surface area (TPSA) is 49.3 Å². The number of hydrogen-bond donors (Lipinski definition) is 2. The standard InChI is InChI=1S/C12H17NO2/c1-2-10-3-5-11(6-4-10)7-8-13-9-12(14)15/h3-6,13H,2,7-9H2,1H3,(H,14,15). The molecule has 0 unspecified atom stereocenters. The quantitative estimate of drug-likeness (QED) is 0.694. The first-order valence-electron chi connectivity index (χ1n) is 5.22. The Labute approximate surface area is 90.1 Å². The Kier molecular flexibility index (Phi) is 4.84. The maximum Gasteiger partial charge on any atom is 0.317 e. The molecule has 0 saturated heterocycles. The molecule has 3 nitrogen and oxygen atoms in total. The van der Waals surface area contributed by atoms with E-state index < -0.39 is 5.97 Å². The highest BCUT2D eigenvalue weighted by atomic mass is 16.4. The van der Waals surface area contributed by atoms with Crippen molar-refractivity contribution in [3.05, 3.63) is 35.4 Å². The van der Waals surface area contributed by atoms with Crippen molar-refractivity contribution in [2.75, 3.05) is 13.1 Å². The summed E-state index contributed by atoms with van der Waals surface area (Å²) in [6, 6.07) is 8.43. The van der Waals surface area contributed by atoms with Crippen molar-refractivity contribution >= 4 is 5.97 Å². The van der Waals surface area contributed by atoms with Gasteiger partial charge in [-0.15, -0.1) is 0 Å². The van der Waals surface area contributed by atoms with E-state index in [4.69, 9.17) is 5.11 Å². The third kappa shape index (κ3) is 4.61. The first-order valence-corrected chi connectivity index (χ1v) is 5.22. The number of nitrogens with one attached hydrogen (secondary N) is 1. The molecule has 15 heavy (non-hydrogen) atoms. The zero-order valence-corrected chi connectivity index (χ0v) is 8.99. The van der Waals surface area contributed by atoms with Crippen LogP contribution in [0.25, 0.3) is 0 Å². The molecule has 0 aromatic heterocycles. The Bertz CT molecular complexity index is 306. The molecular formula is C12H17NO2.